The summed E-state index contributed by atoms with van der Waals surface area (Å²) in [6.07, 6.45) is 3.07. The molecule has 2 rings (SSSR count). The second-order valence-corrected chi connectivity index (χ2v) is 5.43. The van der Waals surface area contributed by atoms with Gasteiger partial charge in [0, 0.05) is 11.4 Å². The van der Waals surface area contributed by atoms with Gasteiger partial charge in [0.2, 0.25) is 5.91 Å². The van der Waals surface area contributed by atoms with Crippen molar-refractivity contribution in [3.8, 4) is 0 Å². The summed E-state index contributed by atoms with van der Waals surface area (Å²) in [6, 6.07) is 3.93. The first-order valence-corrected chi connectivity index (χ1v) is 6.59. The van der Waals surface area contributed by atoms with E-state index in [1.807, 2.05) is 17.5 Å². The number of hydrogen-bond donors (Lipinski definition) is 2. The molecule has 1 saturated carbocycles. The van der Waals surface area contributed by atoms with Crippen LogP contribution in [0.2, 0.25) is 0 Å². The Morgan fingerprint density at radius 2 is 2.44 bits per heavy atom. The Balaban J connectivity index is 1.68. The van der Waals surface area contributed by atoms with E-state index in [-0.39, 0.29) is 12.0 Å². The molecule has 1 heterocycles. The van der Waals surface area contributed by atoms with E-state index < -0.39 is 0 Å². The van der Waals surface area contributed by atoms with Crippen molar-refractivity contribution in [1.29, 1.82) is 0 Å². The van der Waals surface area contributed by atoms with Crippen LogP contribution in [0.15, 0.2) is 17.5 Å². The topological polar surface area (TPSA) is 49.3 Å². The van der Waals surface area contributed by atoms with Crippen molar-refractivity contribution in [2.24, 2.45) is 5.92 Å². The molecule has 0 bridgehead atoms. The lowest BCUT2D eigenvalue weighted by Crippen LogP contribution is -2.29. The lowest BCUT2D eigenvalue weighted by atomic mass is 10.1. The van der Waals surface area contributed by atoms with E-state index in [0.717, 1.165) is 24.1 Å². The molecule has 0 radical (unpaired) electrons. The number of rotatable bonds is 4. The molecule has 1 aliphatic carbocycles. The van der Waals surface area contributed by atoms with Gasteiger partial charge < -0.3 is 10.4 Å². The van der Waals surface area contributed by atoms with E-state index in [0.29, 0.717) is 18.9 Å². The van der Waals surface area contributed by atoms with Gasteiger partial charge in [0.1, 0.15) is 0 Å². The van der Waals surface area contributed by atoms with Gasteiger partial charge in [0.25, 0.3) is 0 Å². The average molecular weight is 239 g/mol. The monoisotopic (exact) mass is 239 g/mol. The van der Waals surface area contributed by atoms with E-state index in [2.05, 4.69) is 5.32 Å². The summed E-state index contributed by atoms with van der Waals surface area (Å²) in [6.45, 7) is 0.710. The third kappa shape index (κ3) is 3.32. The summed E-state index contributed by atoms with van der Waals surface area (Å²) in [7, 11) is 0. The molecule has 1 fully saturated rings. The van der Waals surface area contributed by atoms with Gasteiger partial charge >= 0.3 is 0 Å². The van der Waals surface area contributed by atoms with Gasteiger partial charge in [-0.1, -0.05) is 6.07 Å². The molecule has 0 saturated heterocycles. The Bertz CT molecular complexity index is 337. The minimum Gasteiger partial charge on any atom is -0.393 e. The number of carbonyl (C=O) groups is 1. The van der Waals surface area contributed by atoms with Crippen LogP contribution in [-0.4, -0.2) is 23.7 Å². The zero-order valence-electron chi connectivity index (χ0n) is 9.19. The molecule has 16 heavy (non-hydrogen) atoms. The second kappa shape index (κ2) is 5.46. The first-order chi connectivity index (χ1) is 7.74. The Morgan fingerprint density at radius 1 is 1.56 bits per heavy atom. The highest BCUT2D eigenvalue weighted by Crippen LogP contribution is 2.24. The van der Waals surface area contributed by atoms with Gasteiger partial charge in [-0.05, 0) is 36.6 Å². The molecule has 2 atom stereocenters. The predicted molar refractivity (Wildman–Crippen MR) is 64.4 cm³/mol. The van der Waals surface area contributed by atoms with Crippen LogP contribution >= 0.6 is 11.3 Å². The molecule has 0 spiro atoms. The molecule has 1 aliphatic rings. The highest BCUT2D eigenvalue weighted by atomic mass is 32.1. The first kappa shape index (κ1) is 11.6. The normalized spacial score (nSPS) is 24.6. The number of aliphatic hydroxyl groups is 1. The van der Waals surface area contributed by atoms with Crippen molar-refractivity contribution >= 4 is 17.2 Å². The molecule has 2 N–H and O–H groups in total. The van der Waals surface area contributed by atoms with Crippen molar-refractivity contribution in [2.75, 3.05) is 6.54 Å². The Morgan fingerprint density at radius 3 is 3.06 bits per heavy atom. The summed E-state index contributed by atoms with van der Waals surface area (Å²) in [4.78, 5) is 12.7. The lowest BCUT2D eigenvalue weighted by molar-refractivity contribution is -0.120. The number of aliphatic hydroxyl groups excluding tert-OH is 1. The van der Waals surface area contributed by atoms with Gasteiger partial charge in [0.15, 0.2) is 0 Å². The highest BCUT2D eigenvalue weighted by Gasteiger charge is 2.22. The largest absolute Gasteiger partial charge is 0.393 e. The minimum atomic E-state index is -0.154. The van der Waals surface area contributed by atoms with Crippen molar-refractivity contribution in [2.45, 2.75) is 31.8 Å². The van der Waals surface area contributed by atoms with Crippen LogP contribution in [0.5, 0.6) is 0 Å². The number of nitrogens with one attached hydrogen (secondary N) is 1. The van der Waals surface area contributed by atoms with Crippen molar-refractivity contribution < 1.29 is 9.90 Å². The Labute approximate surface area is 99.5 Å². The van der Waals surface area contributed by atoms with Crippen LogP contribution in [0.3, 0.4) is 0 Å². The number of thiophene rings is 1. The fourth-order valence-corrected chi connectivity index (χ4v) is 2.83. The van der Waals surface area contributed by atoms with E-state index in [4.69, 9.17) is 0 Å². The van der Waals surface area contributed by atoms with Crippen LogP contribution in [0.25, 0.3) is 0 Å². The van der Waals surface area contributed by atoms with Crippen molar-refractivity contribution in [3.63, 3.8) is 0 Å². The van der Waals surface area contributed by atoms with E-state index >= 15 is 0 Å². The summed E-state index contributed by atoms with van der Waals surface area (Å²) < 4.78 is 0. The van der Waals surface area contributed by atoms with Gasteiger partial charge in [-0.25, -0.2) is 0 Å². The fourth-order valence-electron chi connectivity index (χ4n) is 2.13. The first-order valence-electron chi connectivity index (χ1n) is 5.71. The maximum absolute atomic E-state index is 11.6. The molecule has 3 nitrogen and oxygen atoms in total. The van der Waals surface area contributed by atoms with E-state index in [9.17, 15) is 9.90 Å². The molecule has 88 valence electrons. The van der Waals surface area contributed by atoms with Gasteiger partial charge in [-0.15, -0.1) is 11.3 Å². The Hall–Kier alpha value is -0.870. The average Bonchev–Trinajstić information content (AvgIpc) is 2.87. The zero-order valence-corrected chi connectivity index (χ0v) is 10.0. The van der Waals surface area contributed by atoms with Crippen LogP contribution in [0.1, 0.15) is 24.1 Å². The van der Waals surface area contributed by atoms with Crippen LogP contribution < -0.4 is 5.32 Å². The van der Waals surface area contributed by atoms with Crippen LogP contribution in [0, 0.1) is 5.92 Å². The zero-order chi connectivity index (χ0) is 11.4. The molecule has 2 unspecified atom stereocenters. The van der Waals surface area contributed by atoms with Crippen LogP contribution in [0.4, 0.5) is 0 Å². The van der Waals surface area contributed by atoms with Crippen LogP contribution in [-0.2, 0) is 11.2 Å². The molecular weight excluding hydrogens is 222 g/mol. The predicted octanol–water partition coefficient (Wildman–Crippen LogP) is 1.57. The molecule has 0 aromatic carbocycles. The van der Waals surface area contributed by atoms with E-state index in [1.54, 1.807) is 11.3 Å². The standard InChI is InChI=1S/C12H17NO2S/c14-10-4-3-9(6-10)8-13-12(15)7-11-2-1-5-16-11/h1-2,5,9-10,14H,3-4,6-8H2,(H,13,15). The fraction of sp³-hybridized carbons (Fsp3) is 0.583. The number of carbonyl (C=O) groups excluding carboxylic acids is 1. The number of amides is 1. The maximum atomic E-state index is 11.6. The molecule has 1 amide bonds. The van der Waals surface area contributed by atoms with Crippen molar-refractivity contribution in [1.82, 2.24) is 5.32 Å². The quantitative estimate of drug-likeness (QED) is 0.838. The summed E-state index contributed by atoms with van der Waals surface area (Å²) in [5.74, 6) is 0.547. The summed E-state index contributed by atoms with van der Waals surface area (Å²) >= 11 is 1.61. The molecule has 4 heteroatoms. The smallest absolute Gasteiger partial charge is 0.225 e. The van der Waals surface area contributed by atoms with Gasteiger partial charge in [0.05, 0.1) is 12.5 Å². The third-order valence-corrected chi connectivity index (χ3v) is 3.89. The SMILES string of the molecule is O=C(Cc1cccs1)NCC1CCC(O)C1. The lowest BCUT2D eigenvalue weighted by Gasteiger charge is -2.10. The molecule has 1 aromatic heterocycles. The van der Waals surface area contributed by atoms with Gasteiger partial charge in [-0.2, -0.15) is 0 Å². The Kier molecular flexibility index (Phi) is 3.96. The number of hydrogen-bond acceptors (Lipinski definition) is 3. The van der Waals surface area contributed by atoms with Crippen molar-refractivity contribution in [3.05, 3.63) is 22.4 Å². The van der Waals surface area contributed by atoms with Gasteiger partial charge in [-0.3, -0.25) is 4.79 Å². The highest BCUT2D eigenvalue weighted by molar-refractivity contribution is 7.10. The summed E-state index contributed by atoms with van der Waals surface area (Å²) in [5, 5.41) is 14.3. The third-order valence-electron chi connectivity index (χ3n) is 3.02. The van der Waals surface area contributed by atoms with E-state index in [1.165, 1.54) is 0 Å². The second-order valence-electron chi connectivity index (χ2n) is 4.39. The molecular formula is C12H17NO2S. The minimum absolute atomic E-state index is 0.0869. The molecule has 1 aromatic rings. The molecule has 0 aliphatic heterocycles. The summed E-state index contributed by atoms with van der Waals surface area (Å²) in [5.41, 5.74) is 0. The maximum Gasteiger partial charge on any atom is 0.225 e.